The van der Waals surface area contributed by atoms with Crippen molar-refractivity contribution in [2.45, 2.75) is 39.8 Å². The quantitative estimate of drug-likeness (QED) is 0.769. The van der Waals surface area contributed by atoms with Crippen LogP contribution in [0.4, 0.5) is 4.79 Å². The lowest BCUT2D eigenvalue weighted by Crippen LogP contribution is -2.45. The number of hydrogen-bond acceptors (Lipinski definition) is 4. The molecule has 2 atom stereocenters. The molecule has 0 bridgehead atoms. The van der Waals surface area contributed by atoms with Crippen molar-refractivity contribution in [2.75, 3.05) is 6.54 Å². The summed E-state index contributed by atoms with van der Waals surface area (Å²) in [5, 5.41) is 4.70. The van der Waals surface area contributed by atoms with Gasteiger partial charge in [0.05, 0.1) is 0 Å². The van der Waals surface area contributed by atoms with E-state index in [0.29, 0.717) is 12.3 Å². The van der Waals surface area contributed by atoms with Crippen LogP contribution in [0.1, 0.15) is 37.9 Å². The van der Waals surface area contributed by atoms with Gasteiger partial charge in [-0.2, -0.15) is 0 Å². The number of urea groups is 1. The Labute approximate surface area is 125 Å². The number of carbonyl (C=O) groups excluding carboxylic acids is 2. The van der Waals surface area contributed by atoms with Gasteiger partial charge in [0.1, 0.15) is 5.75 Å². The van der Waals surface area contributed by atoms with Gasteiger partial charge >= 0.3 is 6.03 Å². The maximum atomic E-state index is 11.8. The Hall–Kier alpha value is -2.08. The number of aryl methyl sites for hydroxylation is 1. The summed E-state index contributed by atoms with van der Waals surface area (Å²) < 4.78 is 5.59. The lowest BCUT2D eigenvalue weighted by molar-refractivity contribution is -0.126. The molecule has 1 rings (SSSR count). The summed E-state index contributed by atoms with van der Waals surface area (Å²) in [5.41, 5.74) is 7.71. The molecule has 4 N–H and O–H groups in total. The molecule has 0 aliphatic carbocycles. The van der Waals surface area contributed by atoms with Crippen molar-refractivity contribution in [3.8, 4) is 5.75 Å². The van der Waals surface area contributed by atoms with Gasteiger partial charge in [-0.15, -0.1) is 0 Å². The summed E-state index contributed by atoms with van der Waals surface area (Å²) in [5.74, 6) is 0.106. The second-order valence-electron chi connectivity index (χ2n) is 4.92. The molecule has 21 heavy (non-hydrogen) atoms. The topological polar surface area (TPSA) is 93.5 Å². The first-order valence-electron chi connectivity index (χ1n) is 6.96. The summed E-state index contributed by atoms with van der Waals surface area (Å²) in [6.45, 7) is 7.60. The Morgan fingerprint density at radius 2 is 2.00 bits per heavy atom. The molecular weight excluding hydrogens is 270 g/mol. The lowest BCUT2D eigenvalue weighted by atomic mass is 10.1. The fourth-order valence-electron chi connectivity index (χ4n) is 1.75. The molecule has 0 aliphatic heterocycles. The molecule has 0 heterocycles. The van der Waals surface area contributed by atoms with E-state index in [-0.39, 0.29) is 6.04 Å². The number of benzene rings is 1. The van der Waals surface area contributed by atoms with E-state index in [0.717, 1.165) is 11.1 Å². The van der Waals surface area contributed by atoms with Crippen LogP contribution in [0.3, 0.4) is 0 Å². The van der Waals surface area contributed by atoms with E-state index < -0.39 is 18.0 Å². The van der Waals surface area contributed by atoms with Crippen LogP contribution in [0.25, 0.3) is 0 Å². The number of amides is 3. The summed E-state index contributed by atoms with van der Waals surface area (Å²) in [7, 11) is 0. The molecule has 1 aromatic rings. The first-order chi connectivity index (χ1) is 9.85. The molecule has 3 amide bonds. The molecule has 1 unspecified atom stereocenters. The summed E-state index contributed by atoms with van der Waals surface area (Å²) in [4.78, 5) is 23.1. The van der Waals surface area contributed by atoms with E-state index >= 15 is 0 Å². The lowest BCUT2D eigenvalue weighted by Gasteiger charge is -2.17. The number of imide groups is 1. The maximum absolute atomic E-state index is 11.8. The second kappa shape index (κ2) is 7.64. The van der Waals surface area contributed by atoms with E-state index in [2.05, 4.69) is 10.6 Å². The second-order valence-corrected chi connectivity index (χ2v) is 4.92. The number of hydrogen-bond donors (Lipinski definition) is 3. The first-order valence-corrected chi connectivity index (χ1v) is 6.96. The fraction of sp³-hybridized carbons (Fsp3) is 0.467. The van der Waals surface area contributed by atoms with Crippen molar-refractivity contribution in [1.82, 2.24) is 10.6 Å². The van der Waals surface area contributed by atoms with Gasteiger partial charge < -0.3 is 15.8 Å². The third-order valence-corrected chi connectivity index (χ3v) is 2.97. The number of nitrogens with one attached hydrogen (secondary N) is 2. The molecule has 6 heteroatoms. The Morgan fingerprint density at radius 3 is 2.52 bits per heavy atom. The number of rotatable bonds is 5. The summed E-state index contributed by atoms with van der Waals surface area (Å²) in [6, 6.07) is 4.98. The highest BCUT2D eigenvalue weighted by Gasteiger charge is 2.18. The van der Waals surface area contributed by atoms with Gasteiger partial charge in [0.25, 0.3) is 5.91 Å². The summed E-state index contributed by atoms with van der Waals surface area (Å²) in [6.07, 6.45) is -0.771. The summed E-state index contributed by atoms with van der Waals surface area (Å²) >= 11 is 0. The average molecular weight is 293 g/mol. The van der Waals surface area contributed by atoms with Gasteiger partial charge in [0.15, 0.2) is 6.10 Å². The van der Waals surface area contributed by atoms with Crippen LogP contribution >= 0.6 is 0 Å². The van der Waals surface area contributed by atoms with Gasteiger partial charge in [-0.05, 0) is 44.9 Å². The third kappa shape index (κ3) is 5.07. The monoisotopic (exact) mass is 293 g/mol. The molecule has 1 aromatic carbocycles. The van der Waals surface area contributed by atoms with Crippen molar-refractivity contribution < 1.29 is 14.3 Å². The van der Waals surface area contributed by atoms with Gasteiger partial charge in [0.2, 0.25) is 0 Å². The van der Waals surface area contributed by atoms with Crippen LogP contribution < -0.4 is 21.1 Å². The minimum absolute atomic E-state index is 0.0591. The number of ether oxygens (including phenoxy) is 1. The zero-order chi connectivity index (χ0) is 16.0. The highest BCUT2D eigenvalue weighted by Crippen LogP contribution is 2.22. The molecule has 0 saturated carbocycles. The Bertz CT molecular complexity index is 515. The van der Waals surface area contributed by atoms with Crippen LogP contribution in [-0.2, 0) is 4.79 Å². The molecule has 0 spiro atoms. The van der Waals surface area contributed by atoms with E-state index in [9.17, 15) is 9.59 Å². The highest BCUT2D eigenvalue weighted by molar-refractivity contribution is 5.96. The average Bonchev–Trinajstić information content (AvgIpc) is 2.40. The molecule has 116 valence electrons. The molecule has 0 saturated heterocycles. The van der Waals surface area contributed by atoms with Crippen LogP contribution in [0, 0.1) is 6.92 Å². The third-order valence-electron chi connectivity index (χ3n) is 2.97. The normalized spacial score (nSPS) is 13.2. The van der Waals surface area contributed by atoms with Gasteiger partial charge in [-0.25, -0.2) is 4.79 Å². The van der Waals surface area contributed by atoms with Crippen LogP contribution in [0.5, 0.6) is 5.75 Å². The van der Waals surface area contributed by atoms with Gasteiger partial charge in [-0.1, -0.05) is 12.1 Å². The Balaban J connectivity index is 2.68. The van der Waals surface area contributed by atoms with E-state index in [1.54, 1.807) is 19.9 Å². The van der Waals surface area contributed by atoms with E-state index in [1.807, 2.05) is 26.0 Å². The van der Waals surface area contributed by atoms with Crippen molar-refractivity contribution >= 4 is 11.9 Å². The van der Waals surface area contributed by atoms with Gasteiger partial charge in [0, 0.05) is 12.6 Å². The predicted molar refractivity (Wildman–Crippen MR) is 81.1 cm³/mol. The maximum Gasteiger partial charge on any atom is 0.321 e. The molecule has 0 radical (unpaired) electrons. The number of nitrogens with two attached hydrogens (primary N) is 1. The zero-order valence-electron chi connectivity index (χ0n) is 12.9. The molecule has 0 aliphatic rings. The van der Waals surface area contributed by atoms with Crippen LogP contribution in [0.15, 0.2) is 18.2 Å². The van der Waals surface area contributed by atoms with Crippen LogP contribution in [0.2, 0.25) is 0 Å². The first kappa shape index (κ1) is 17.0. The van der Waals surface area contributed by atoms with Crippen molar-refractivity contribution in [3.63, 3.8) is 0 Å². The van der Waals surface area contributed by atoms with Crippen molar-refractivity contribution in [1.29, 1.82) is 0 Å². The number of carbonyl (C=O) groups is 2. The standard InChI is InChI=1S/C15H23N3O3/c1-5-17-15(20)18-14(19)11(4)21-13-7-6-12(10(3)16)8-9(13)2/h6-8,10-11H,5,16H2,1-4H3,(H2,17,18,19,20)/t10-,11?/m0/s1. The van der Waals surface area contributed by atoms with Crippen LogP contribution in [-0.4, -0.2) is 24.6 Å². The van der Waals surface area contributed by atoms with Crippen molar-refractivity contribution in [2.24, 2.45) is 5.73 Å². The van der Waals surface area contributed by atoms with Crippen molar-refractivity contribution in [3.05, 3.63) is 29.3 Å². The molecular formula is C15H23N3O3. The van der Waals surface area contributed by atoms with E-state index in [1.165, 1.54) is 0 Å². The van der Waals surface area contributed by atoms with E-state index in [4.69, 9.17) is 10.5 Å². The fourth-order valence-corrected chi connectivity index (χ4v) is 1.75. The molecule has 6 nitrogen and oxygen atoms in total. The largest absolute Gasteiger partial charge is 0.481 e. The minimum Gasteiger partial charge on any atom is -0.481 e. The highest BCUT2D eigenvalue weighted by atomic mass is 16.5. The van der Waals surface area contributed by atoms with Gasteiger partial charge in [-0.3, -0.25) is 10.1 Å². The predicted octanol–water partition coefficient (Wildman–Crippen LogP) is 1.63. The zero-order valence-corrected chi connectivity index (χ0v) is 12.9. The Morgan fingerprint density at radius 1 is 1.33 bits per heavy atom. The SMILES string of the molecule is CCNC(=O)NC(=O)C(C)Oc1ccc([C@H](C)N)cc1C. The smallest absolute Gasteiger partial charge is 0.321 e. The Kier molecular flexibility index (Phi) is 6.17. The minimum atomic E-state index is -0.771. The molecule has 0 fully saturated rings. The molecule has 0 aromatic heterocycles.